The van der Waals surface area contributed by atoms with Crippen LogP contribution in [0.25, 0.3) is 0 Å². The molecular weight excluding hydrogens is 226 g/mol. The number of pyridine rings is 1. The van der Waals surface area contributed by atoms with Gasteiger partial charge in [0.25, 0.3) is 0 Å². The fourth-order valence-corrected chi connectivity index (χ4v) is 1.27. The van der Waals surface area contributed by atoms with Crippen molar-refractivity contribution in [3.05, 3.63) is 23.5 Å². The highest BCUT2D eigenvalue weighted by Crippen LogP contribution is 2.11. The van der Waals surface area contributed by atoms with Crippen LogP contribution in [0.4, 0.5) is 5.69 Å². The zero-order valence-corrected chi connectivity index (χ0v) is 10.2. The largest absolute Gasteiger partial charge is 0.325 e. The van der Waals surface area contributed by atoms with E-state index >= 15 is 0 Å². The Hall–Kier alpha value is -1.13. The molecule has 88 valence electrons. The summed E-state index contributed by atoms with van der Waals surface area (Å²) in [7, 11) is 0. The number of aromatic nitrogens is 1. The summed E-state index contributed by atoms with van der Waals surface area (Å²) in [5.41, 5.74) is 0.663. The lowest BCUT2D eigenvalue weighted by Crippen LogP contribution is -2.33. The minimum absolute atomic E-state index is 0.0810. The molecular formula is C11H16ClN3O. The van der Waals surface area contributed by atoms with Crippen molar-refractivity contribution in [2.24, 2.45) is 0 Å². The third kappa shape index (κ3) is 4.59. The first kappa shape index (κ1) is 12.9. The van der Waals surface area contributed by atoms with Crippen LogP contribution in [0.1, 0.15) is 20.3 Å². The van der Waals surface area contributed by atoms with Crippen LogP contribution in [0, 0.1) is 0 Å². The van der Waals surface area contributed by atoms with Gasteiger partial charge in [0.2, 0.25) is 5.91 Å². The van der Waals surface area contributed by atoms with Crippen LogP contribution in [0.2, 0.25) is 5.15 Å². The predicted octanol–water partition coefficient (Wildman–Crippen LogP) is 2.06. The Labute approximate surface area is 100 Å². The molecule has 1 aromatic rings. The normalized spacial score (nSPS) is 12.2. The molecule has 0 aliphatic heterocycles. The maximum Gasteiger partial charge on any atom is 0.238 e. The minimum atomic E-state index is -0.0810. The highest BCUT2D eigenvalue weighted by atomic mass is 35.5. The average Bonchev–Trinajstić information content (AvgIpc) is 2.26. The van der Waals surface area contributed by atoms with Crippen LogP contribution >= 0.6 is 11.6 Å². The lowest BCUT2D eigenvalue weighted by Gasteiger charge is -2.11. The summed E-state index contributed by atoms with van der Waals surface area (Å²) in [5.74, 6) is -0.0810. The number of carbonyl (C=O) groups excluding carboxylic acids is 1. The van der Waals surface area contributed by atoms with Crippen LogP contribution in [-0.4, -0.2) is 23.5 Å². The molecule has 0 bridgehead atoms. The van der Waals surface area contributed by atoms with Crippen molar-refractivity contribution >= 4 is 23.2 Å². The molecule has 5 heteroatoms. The summed E-state index contributed by atoms with van der Waals surface area (Å²) in [4.78, 5) is 15.3. The second-order valence-corrected chi connectivity index (χ2v) is 3.99. The van der Waals surface area contributed by atoms with Crippen molar-refractivity contribution in [2.45, 2.75) is 26.3 Å². The molecule has 0 saturated heterocycles. The van der Waals surface area contributed by atoms with Crippen molar-refractivity contribution in [1.29, 1.82) is 0 Å². The number of rotatable bonds is 5. The molecule has 0 aliphatic carbocycles. The molecule has 2 N–H and O–H groups in total. The number of carbonyl (C=O) groups is 1. The van der Waals surface area contributed by atoms with Crippen LogP contribution < -0.4 is 10.6 Å². The number of nitrogens with zero attached hydrogens (tertiary/aromatic N) is 1. The van der Waals surface area contributed by atoms with E-state index in [-0.39, 0.29) is 5.91 Å². The van der Waals surface area contributed by atoms with Crippen molar-refractivity contribution in [3.63, 3.8) is 0 Å². The van der Waals surface area contributed by atoms with E-state index < -0.39 is 0 Å². The van der Waals surface area contributed by atoms with Gasteiger partial charge in [-0.2, -0.15) is 0 Å². The number of amides is 1. The van der Waals surface area contributed by atoms with E-state index in [4.69, 9.17) is 11.6 Å². The number of hydrogen-bond acceptors (Lipinski definition) is 3. The Kier molecular flexibility index (Phi) is 5.22. The van der Waals surface area contributed by atoms with Gasteiger partial charge in [0.1, 0.15) is 5.15 Å². The molecule has 0 aromatic carbocycles. The van der Waals surface area contributed by atoms with E-state index in [2.05, 4.69) is 22.5 Å². The highest BCUT2D eigenvalue weighted by molar-refractivity contribution is 6.29. The van der Waals surface area contributed by atoms with Crippen molar-refractivity contribution in [3.8, 4) is 0 Å². The smallest absolute Gasteiger partial charge is 0.238 e. The van der Waals surface area contributed by atoms with Gasteiger partial charge in [0, 0.05) is 17.9 Å². The van der Waals surface area contributed by atoms with Gasteiger partial charge in [-0.3, -0.25) is 4.79 Å². The van der Waals surface area contributed by atoms with Crippen molar-refractivity contribution in [2.75, 3.05) is 11.9 Å². The molecule has 0 spiro atoms. The standard InChI is InChI=1S/C11H16ClN3O/c1-3-8(2)14-7-11(16)15-9-4-5-13-10(12)6-9/h4-6,8,14H,3,7H2,1-2H3,(H,13,15,16). The molecule has 1 unspecified atom stereocenters. The Morgan fingerprint density at radius 3 is 3.00 bits per heavy atom. The Morgan fingerprint density at radius 1 is 1.62 bits per heavy atom. The Bertz CT molecular complexity index is 357. The molecule has 1 aromatic heterocycles. The average molecular weight is 242 g/mol. The Balaban J connectivity index is 2.40. The Morgan fingerprint density at radius 2 is 2.38 bits per heavy atom. The molecule has 4 nitrogen and oxygen atoms in total. The number of halogens is 1. The first-order chi connectivity index (χ1) is 7.61. The molecule has 1 heterocycles. The van der Waals surface area contributed by atoms with Crippen LogP contribution in [0.15, 0.2) is 18.3 Å². The minimum Gasteiger partial charge on any atom is -0.325 e. The van der Waals surface area contributed by atoms with Gasteiger partial charge in [-0.15, -0.1) is 0 Å². The van der Waals surface area contributed by atoms with Gasteiger partial charge in [0.05, 0.1) is 6.54 Å². The van der Waals surface area contributed by atoms with Crippen molar-refractivity contribution < 1.29 is 4.79 Å². The summed E-state index contributed by atoms with van der Waals surface area (Å²) in [6.45, 7) is 4.41. The summed E-state index contributed by atoms with van der Waals surface area (Å²) >= 11 is 5.70. The van der Waals surface area contributed by atoms with Crippen LogP contribution in [-0.2, 0) is 4.79 Å². The summed E-state index contributed by atoms with van der Waals surface area (Å²) < 4.78 is 0. The summed E-state index contributed by atoms with van der Waals surface area (Å²) in [5, 5.41) is 6.21. The second-order valence-electron chi connectivity index (χ2n) is 3.61. The van der Waals surface area contributed by atoms with Crippen molar-refractivity contribution in [1.82, 2.24) is 10.3 Å². The molecule has 0 aliphatic rings. The van der Waals surface area contributed by atoms with E-state index in [1.54, 1.807) is 18.3 Å². The lowest BCUT2D eigenvalue weighted by molar-refractivity contribution is -0.115. The molecule has 1 rings (SSSR count). The first-order valence-electron chi connectivity index (χ1n) is 5.26. The molecule has 0 radical (unpaired) electrons. The zero-order chi connectivity index (χ0) is 12.0. The number of hydrogen-bond donors (Lipinski definition) is 2. The lowest BCUT2D eigenvalue weighted by atomic mass is 10.2. The second kappa shape index (κ2) is 6.45. The van der Waals surface area contributed by atoms with Gasteiger partial charge in [-0.1, -0.05) is 18.5 Å². The van der Waals surface area contributed by atoms with Gasteiger partial charge < -0.3 is 10.6 Å². The molecule has 16 heavy (non-hydrogen) atoms. The fraction of sp³-hybridized carbons (Fsp3) is 0.455. The van der Waals surface area contributed by atoms with Gasteiger partial charge in [0.15, 0.2) is 0 Å². The molecule has 1 atom stereocenters. The highest BCUT2D eigenvalue weighted by Gasteiger charge is 2.04. The van der Waals surface area contributed by atoms with E-state index in [0.29, 0.717) is 23.4 Å². The predicted molar refractivity (Wildman–Crippen MR) is 65.6 cm³/mol. The molecule has 0 saturated carbocycles. The van der Waals surface area contributed by atoms with Gasteiger partial charge >= 0.3 is 0 Å². The molecule has 1 amide bonds. The van der Waals surface area contributed by atoms with E-state index in [1.165, 1.54) is 0 Å². The first-order valence-corrected chi connectivity index (χ1v) is 5.64. The van der Waals surface area contributed by atoms with Crippen LogP contribution in [0.5, 0.6) is 0 Å². The van der Waals surface area contributed by atoms with E-state index in [9.17, 15) is 4.79 Å². The SMILES string of the molecule is CCC(C)NCC(=O)Nc1ccnc(Cl)c1. The van der Waals surface area contributed by atoms with Crippen LogP contribution in [0.3, 0.4) is 0 Å². The maximum absolute atomic E-state index is 11.5. The van der Waals surface area contributed by atoms with Gasteiger partial charge in [-0.05, 0) is 25.5 Å². The quantitative estimate of drug-likeness (QED) is 0.776. The molecule has 0 fully saturated rings. The zero-order valence-electron chi connectivity index (χ0n) is 9.46. The third-order valence-electron chi connectivity index (χ3n) is 2.23. The third-order valence-corrected chi connectivity index (χ3v) is 2.44. The van der Waals surface area contributed by atoms with Gasteiger partial charge in [-0.25, -0.2) is 4.98 Å². The fourth-order valence-electron chi connectivity index (χ4n) is 1.10. The summed E-state index contributed by atoms with van der Waals surface area (Å²) in [6, 6.07) is 3.65. The van der Waals surface area contributed by atoms with E-state index in [1.807, 2.05) is 6.92 Å². The van der Waals surface area contributed by atoms with E-state index in [0.717, 1.165) is 6.42 Å². The maximum atomic E-state index is 11.5. The number of anilines is 1. The monoisotopic (exact) mass is 241 g/mol. The number of nitrogens with one attached hydrogen (secondary N) is 2. The topological polar surface area (TPSA) is 54.0 Å². The summed E-state index contributed by atoms with van der Waals surface area (Å²) in [6.07, 6.45) is 2.55.